The third-order valence-electron chi connectivity index (χ3n) is 7.60. The van der Waals surface area contributed by atoms with Crippen LogP contribution in [0.15, 0.2) is 78.2 Å². The number of pyridine rings is 1. The highest BCUT2D eigenvalue weighted by atomic mass is 16.5. The van der Waals surface area contributed by atoms with Crippen LogP contribution < -0.4 is 10.1 Å². The summed E-state index contributed by atoms with van der Waals surface area (Å²) in [5.74, 6) is 6.81. The second kappa shape index (κ2) is 12.3. The number of aliphatic hydroxyl groups excluding tert-OH is 2. The predicted octanol–water partition coefficient (Wildman–Crippen LogP) is 2.66. The van der Waals surface area contributed by atoms with Gasteiger partial charge in [0.25, 0.3) is 0 Å². The number of benzene rings is 2. The average molecular weight is 542 g/mol. The quantitative estimate of drug-likeness (QED) is 0.335. The molecule has 3 N–H and O–H groups in total. The number of nitrogens with zero attached hydrogens (tertiary/aromatic N) is 4. The second-order valence-corrected chi connectivity index (χ2v) is 9.96. The number of hydrogen-bond acceptors (Lipinski definition) is 8. The summed E-state index contributed by atoms with van der Waals surface area (Å²) >= 11 is 0. The molecule has 2 amide bonds. The van der Waals surface area contributed by atoms with E-state index in [1.807, 2.05) is 41.3 Å². The molecule has 0 saturated carbocycles. The van der Waals surface area contributed by atoms with Gasteiger partial charge < -0.3 is 25.2 Å². The molecule has 5 atom stereocenters. The number of ether oxygens (including phenoxy) is 1. The summed E-state index contributed by atoms with van der Waals surface area (Å²) in [5, 5.41) is 27.0. The van der Waals surface area contributed by atoms with Gasteiger partial charge in [-0.1, -0.05) is 29.2 Å². The number of nitroso groups, excluding NO2 is 1. The van der Waals surface area contributed by atoms with Crippen molar-refractivity contribution in [3.63, 3.8) is 0 Å². The van der Waals surface area contributed by atoms with Crippen LogP contribution in [0.1, 0.15) is 22.6 Å². The first-order valence-corrected chi connectivity index (χ1v) is 13.1. The van der Waals surface area contributed by atoms with Gasteiger partial charge in [-0.2, -0.15) is 4.91 Å². The summed E-state index contributed by atoms with van der Waals surface area (Å²) in [6.45, 7) is 0.333. The Morgan fingerprint density at radius 3 is 2.48 bits per heavy atom. The molecule has 0 spiro atoms. The lowest BCUT2D eigenvalue weighted by Gasteiger charge is -2.57. The standard InChI is InChI=1S/C30H31N5O5/c1-40-24-12-10-23(11-13-24)32-30(38)34-17-26-29(27(19-36)35(26)16-25(33-39)28(37)18-34)22-8-6-20(7-9-22)4-5-21-3-2-14-31-15-21/h2-3,6-15,25-29,36-37H,16-19H2,1H3,(H,32,38)/t25?,26-,27+,28?,29+/m0/s1. The lowest BCUT2D eigenvalue weighted by molar-refractivity contribution is -0.0776. The molecule has 0 bridgehead atoms. The second-order valence-electron chi connectivity index (χ2n) is 9.96. The maximum Gasteiger partial charge on any atom is 0.321 e. The Morgan fingerprint density at radius 2 is 1.82 bits per heavy atom. The van der Waals surface area contributed by atoms with Gasteiger partial charge in [-0.3, -0.25) is 9.88 Å². The van der Waals surface area contributed by atoms with Crippen molar-refractivity contribution in [3.05, 3.63) is 94.7 Å². The van der Waals surface area contributed by atoms with Crippen LogP contribution in [0.5, 0.6) is 5.75 Å². The Kier molecular flexibility index (Phi) is 8.36. The fraction of sp³-hybridized carbons (Fsp3) is 0.333. The van der Waals surface area contributed by atoms with Gasteiger partial charge in [-0.15, -0.1) is 0 Å². The molecular weight excluding hydrogens is 510 g/mol. The van der Waals surface area contributed by atoms with Gasteiger partial charge in [0, 0.05) is 60.3 Å². The van der Waals surface area contributed by atoms with Gasteiger partial charge in [0.05, 0.1) is 26.4 Å². The summed E-state index contributed by atoms with van der Waals surface area (Å²) in [6, 6.07) is 16.7. The lowest BCUT2D eigenvalue weighted by Crippen LogP contribution is -2.70. The van der Waals surface area contributed by atoms with E-state index in [0.29, 0.717) is 18.0 Å². The SMILES string of the molecule is COc1ccc(NC(=O)N2CC(O)C(N=O)CN3[C@H](CO)[C@H](c4ccc(C#Cc5cccnc5)cc4)[C@@H]3C2)cc1. The molecule has 3 aromatic rings. The van der Waals surface area contributed by atoms with Crippen molar-refractivity contribution in [2.75, 3.05) is 38.7 Å². The van der Waals surface area contributed by atoms with E-state index in [0.717, 1.165) is 16.7 Å². The van der Waals surface area contributed by atoms with Crippen LogP contribution >= 0.6 is 0 Å². The Labute approximate surface area is 232 Å². The number of rotatable bonds is 5. The van der Waals surface area contributed by atoms with E-state index in [2.05, 4.69) is 27.3 Å². The molecule has 2 aromatic carbocycles. The molecule has 10 heteroatoms. The molecule has 2 unspecified atom stereocenters. The number of anilines is 1. The number of carbonyl (C=O) groups is 1. The smallest absolute Gasteiger partial charge is 0.321 e. The van der Waals surface area contributed by atoms with Crippen molar-refractivity contribution in [3.8, 4) is 17.6 Å². The minimum absolute atomic E-state index is 0.0396. The highest BCUT2D eigenvalue weighted by Crippen LogP contribution is 2.42. The van der Waals surface area contributed by atoms with Crippen LogP contribution in [0.25, 0.3) is 0 Å². The zero-order valence-corrected chi connectivity index (χ0v) is 22.1. The number of hydrogen-bond donors (Lipinski definition) is 3. The molecular formula is C30H31N5O5. The molecule has 3 heterocycles. The minimum Gasteiger partial charge on any atom is -0.497 e. The highest BCUT2D eigenvalue weighted by Gasteiger charge is 2.52. The van der Waals surface area contributed by atoms with E-state index in [-0.39, 0.29) is 37.7 Å². The van der Waals surface area contributed by atoms with Crippen LogP contribution in [0, 0.1) is 16.7 Å². The van der Waals surface area contributed by atoms with E-state index < -0.39 is 18.2 Å². The third-order valence-corrected chi connectivity index (χ3v) is 7.60. The number of aliphatic hydroxyl groups is 2. The molecule has 10 nitrogen and oxygen atoms in total. The van der Waals surface area contributed by atoms with Crippen LogP contribution in [0.4, 0.5) is 10.5 Å². The highest BCUT2D eigenvalue weighted by molar-refractivity contribution is 5.89. The minimum atomic E-state index is -1.13. The third kappa shape index (κ3) is 5.82. The first-order valence-electron chi connectivity index (χ1n) is 13.1. The molecule has 1 aromatic heterocycles. The van der Waals surface area contributed by atoms with E-state index in [4.69, 9.17) is 4.74 Å². The zero-order chi connectivity index (χ0) is 28.1. The van der Waals surface area contributed by atoms with Gasteiger partial charge in [-0.25, -0.2) is 4.79 Å². The van der Waals surface area contributed by atoms with Gasteiger partial charge in [0.15, 0.2) is 0 Å². The maximum absolute atomic E-state index is 13.3. The van der Waals surface area contributed by atoms with Crippen molar-refractivity contribution in [1.29, 1.82) is 0 Å². The molecule has 2 aliphatic heterocycles. The Morgan fingerprint density at radius 1 is 1.07 bits per heavy atom. The van der Waals surface area contributed by atoms with E-state index in [1.54, 1.807) is 43.8 Å². The van der Waals surface area contributed by atoms with Crippen molar-refractivity contribution >= 4 is 11.7 Å². The Hall–Kier alpha value is -4.30. The summed E-state index contributed by atoms with van der Waals surface area (Å²) in [6.07, 6.45) is 2.28. The summed E-state index contributed by atoms with van der Waals surface area (Å²) < 4.78 is 5.18. The summed E-state index contributed by atoms with van der Waals surface area (Å²) in [5.41, 5.74) is 3.24. The Bertz CT molecular complexity index is 1370. The molecule has 206 valence electrons. The Balaban J connectivity index is 1.37. The fourth-order valence-corrected chi connectivity index (χ4v) is 5.47. The van der Waals surface area contributed by atoms with Crippen molar-refractivity contribution in [2.24, 2.45) is 5.18 Å². The van der Waals surface area contributed by atoms with Gasteiger partial charge >= 0.3 is 6.03 Å². The number of fused-ring (bicyclic) bond motifs is 1. The first-order chi connectivity index (χ1) is 19.5. The zero-order valence-electron chi connectivity index (χ0n) is 22.1. The molecule has 2 saturated heterocycles. The van der Waals surface area contributed by atoms with E-state index in [9.17, 15) is 19.9 Å². The molecule has 2 fully saturated rings. The summed E-state index contributed by atoms with van der Waals surface area (Å²) in [7, 11) is 1.57. The summed E-state index contributed by atoms with van der Waals surface area (Å²) in [4.78, 5) is 32.5. The largest absolute Gasteiger partial charge is 0.497 e. The van der Waals surface area contributed by atoms with Crippen LogP contribution in [0.2, 0.25) is 0 Å². The number of amides is 2. The monoisotopic (exact) mass is 541 g/mol. The molecule has 0 aliphatic carbocycles. The number of aromatic nitrogens is 1. The lowest BCUT2D eigenvalue weighted by atomic mass is 9.74. The van der Waals surface area contributed by atoms with E-state index in [1.165, 1.54) is 4.90 Å². The average Bonchev–Trinajstić information content (AvgIpc) is 2.98. The maximum atomic E-state index is 13.3. The van der Waals surface area contributed by atoms with Gasteiger partial charge in [0.2, 0.25) is 0 Å². The number of β-amino-alcohol motifs (C(OH)–C–C–N with tert-alkyl or cyclic N) is 1. The number of carbonyl (C=O) groups excluding carboxylic acids is 1. The number of urea groups is 1. The van der Waals surface area contributed by atoms with Crippen LogP contribution in [0.3, 0.4) is 0 Å². The van der Waals surface area contributed by atoms with Crippen molar-refractivity contribution in [2.45, 2.75) is 30.1 Å². The normalized spacial score (nSPS) is 24.3. The number of methoxy groups -OCH3 is 1. The van der Waals surface area contributed by atoms with E-state index >= 15 is 0 Å². The number of nitrogens with one attached hydrogen (secondary N) is 1. The topological polar surface area (TPSA) is 128 Å². The molecule has 0 radical (unpaired) electrons. The first kappa shape index (κ1) is 27.3. The molecule has 40 heavy (non-hydrogen) atoms. The van der Waals surface area contributed by atoms with Crippen LogP contribution in [-0.2, 0) is 0 Å². The predicted molar refractivity (Wildman–Crippen MR) is 150 cm³/mol. The van der Waals surface area contributed by atoms with Crippen molar-refractivity contribution in [1.82, 2.24) is 14.8 Å². The van der Waals surface area contributed by atoms with Gasteiger partial charge in [-0.05, 0) is 54.1 Å². The van der Waals surface area contributed by atoms with Crippen LogP contribution in [-0.4, -0.2) is 88.6 Å². The fourth-order valence-electron chi connectivity index (χ4n) is 5.47. The van der Waals surface area contributed by atoms with Crippen molar-refractivity contribution < 1.29 is 19.7 Å². The molecule has 2 aliphatic rings. The van der Waals surface area contributed by atoms with Gasteiger partial charge in [0.1, 0.15) is 11.8 Å². The molecule has 5 rings (SSSR count).